The van der Waals surface area contributed by atoms with Crippen LogP contribution in [0.25, 0.3) is 0 Å². The summed E-state index contributed by atoms with van der Waals surface area (Å²) in [6, 6.07) is 1.99. The van der Waals surface area contributed by atoms with Crippen LogP contribution in [-0.4, -0.2) is 6.54 Å². The summed E-state index contributed by atoms with van der Waals surface area (Å²) in [5, 5.41) is 5.63. The first-order valence-electron chi connectivity index (χ1n) is 6.22. The Hall–Kier alpha value is -0.540. The molecule has 1 aromatic heterocycles. The van der Waals surface area contributed by atoms with E-state index in [1.807, 2.05) is 6.07 Å². The second-order valence-corrected chi connectivity index (χ2v) is 6.27. The first-order chi connectivity index (χ1) is 7.70. The molecule has 1 heterocycles. The summed E-state index contributed by atoms with van der Waals surface area (Å²) in [6.07, 6.45) is 6.98. The van der Waals surface area contributed by atoms with Crippen molar-refractivity contribution < 1.29 is 0 Å². The Labute approximate surface area is 102 Å². The number of nitrogen functional groups attached to an aromatic ring is 1. The van der Waals surface area contributed by atoms with Crippen LogP contribution < -0.4 is 11.1 Å². The molecule has 0 radical (unpaired) electrons. The molecule has 0 spiro atoms. The van der Waals surface area contributed by atoms with Gasteiger partial charge in [-0.3, -0.25) is 0 Å². The smallest absolute Gasteiger partial charge is 0.0468 e. The highest BCUT2D eigenvalue weighted by molar-refractivity contribution is 7.10. The molecular weight excluding hydrogens is 216 g/mol. The second-order valence-electron chi connectivity index (χ2n) is 5.27. The molecule has 1 saturated carbocycles. The van der Waals surface area contributed by atoms with Crippen molar-refractivity contribution in [2.75, 3.05) is 12.3 Å². The maximum atomic E-state index is 5.86. The van der Waals surface area contributed by atoms with Gasteiger partial charge in [0.2, 0.25) is 0 Å². The van der Waals surface area contributed by atoms with Gasteiger partial charge in [0.15, 0.2) is 0 Å². The number of nitrogens with two attached hydrogens (primary N) is 1. The first-order valence-corrected chi connectivity index (χ1v) is 7.10. The molecule has 16 heavy (non-hydrogen) atoms. The molecule has 3 heteroatoms. The van der Waals surface area contributed by atoms with Gasteiger partial charge in [-0.2, -0.15) is 0 Å². The van der Waals surface area contributed by atoms with E-state index in [1.54, 1.807) is 11.3 Å². The second kappa shape index (κ2) is 5.19. The topological polar surface area (TPSA) is 38.0 Å². The van der Waals surface area contributed by atoms with Crippen LogP contribution >= 0.6 is 11.3 Å². The predicted molar refractivity (Wildman–Crippen MR) is 71.6 cm³/mol. The average Bonchev–Trinajstić information content (AvgIpc) is 2.65. The van der Waals surface area contributed by atoms with Crippen molar-refractivity contribution in [3.8, 4) is 0 Å². The molecule has 0 bridgehead atoms. The summed E-state index contributed by atoms with van der Waals surface area (Å²) in [5.74, 6) is 0. The van der Waals surface area contributed by atoms with Crippen LogP contribution in [0.2, 0.25) is 0 Å². The van der Waals surface area contributed by atoms with Crippen LogP contribution in [0.15, 0.2) is 11.4 Å². The normalized spacial score (nSPS) is 19.8. The fraction of sp³-hybridized carbons (Fsp3) is 0.692. The number of hydrogen-bond donors (Lipinski definition) is 2. The largest absolute Gasteiger partial charge is 0.398 e. The monoisotopic (exact) mass is 238 g/mol. The number of rotatable bonds is 4. The van der Waals surface area contributed by atoms with Gasteiger partial charge in [0.25, 0.3) is 0 Å². The SMILES string of the molecule is CC1(CNCc2sccc2N)CCCCC1. The molecule has 0 unspecified atom stereocenters. The van der Waals surface area contributed by atoms with Crippen LogP contribution in [0.5, 0.6) is 0 Å². The van der Waals surface area contributed by atoms with Crippen LogP contribution in [0.1, 0.15) is 43.9 Å². The van der Waals surface area contributed by atoms with Gasteiger partial charge in [-0.25, -0.2) is 0 Å². The average molecular weight is 238 g/mol. The summed E-state index contributed by atoms with van der Waals surface area (Å²) >= 11 is 1.75. The van der Waals surface area contributed by atoms with Gasteiger partial charge in [-0.05, 0) is 29.7 Å². The third-order valence-electron chi connectivity index (χ3n) is 3.68. The van der Waals surface area contributed by atoms with Crippen LogP contribution in [0.4, 0.5) is 5.69 Å². The van der Waals surface area contributed by atoms with Crippen molar-refractivity contribution >= 4 is 17.0 Å². The Balaban J connectivity index is 1.77. The van der Waals surface area contributed by atoms with Crippen molar-refractivity contribution in [3.05, 3.63) is 16.3 Å². The van der Waals surface area contributed by atoms with Crippen molar-refractivity contribution in [1.29, 1.82) is 0 Å². The zero-order valence-corrected chi connectivity index (χ0v) is 10.9. The molecule has 0 atom stereocenters. The van der Waals surface area contributed by atoms with E-state index in [0.29, 0.717) is 5.41 Å². The standard InChI is InChI=1S/C13H22N2S/c1-13(6-3-2-4-7-13)10-15-9-12-11(14)5-8-16-12/h5,8,15H,2-4,6-7,9-10,14H2,1H3. The minimum Gasteiger partial charge on any atom is -0.398 e. The molecular formula is C13H22N2S. The Bertz CT molecular complexity index is 326. The molecule has 0 amide bonds. The van der Waals surface area contributed by atoms with Crippen LogP contribution in [0.3, 0.4) is 0 Å². The number of nitrogens with one attached hydrogen (secondary N) is 1. The van der Waals surface area contributed by atoms with Crippen molar-refractivity contribution in [1.82, 2.24) is 5.32 Å². The van der Waals surface area contributed by atoms with Gasteiger partial charge in [0.1, 0.15) is 0 Å². The summed E-state index contributed by atoms with van der Waals surface area (Å²) in [4.78, 5) is 1.28. The minimum atomic E-state index is 0.518. The van der Waals surface area contributed by atoms with Gasteiger partial charge in [0, 0.05) is 23.7 Å². The molecule has 3 N–H and O–H groups in total. The lowest BCUT2D eigenvalue weighted by Crippen LogP contribution is -2.33. The van der Waals surface area contributed by atoms with E-state index >= 15 is 0 Å². The molecule has 1 aliphatic rings. The summed E-state index contributed by atoms with van der Waals surface area (Å²) in [5.41, 5.74) is 7.32. The van der Waals surface area contributed by atoms with Gasteiger partial charge < -0.3 is 11.1 Å². The minimum absolute atomic E-state index is 0.518. The Morgan fingerprint density at radius 2 is 2.12 bits per heavy atom. The lowest BCUT2D eigenvalue weighted by molar-refractivity contribution is 0.208. The highest BCUT2D eigenvalue weighted by Crippen LogP contribution is 2.35. The van der Waals surface area contributed by atoms with Gasteiger partial charge >= 0.3 is 0 Å². The number of thiophene rings is 1. The van der Waals surface area contributed by atoms with E-state index in [1.165, 1.54) is 37.0 Å². The van der Waals surface area contributed by atoms with Gasteiger partial charge in [-0.15, -0.1) is 11.3 Å². The zero-order chi connectivity index (χ0) is 11.4. The molecule has 1 fully saturated rings. The van der Waals surface area contributed by atoms with E-state index in [-0.39, 0.29) is 0 Å². The van der Waals surface area contributed by atoms with Crippen molar-refractivity contribution in [2.24, 2.45) is 5.41 Å². The molecule has 90 valence electrons. The maximum Gasteiger partial charge on any atom is 0.0468 e. The highest BCUT2D eigenvalue weighted by Gasteiger charge is 2.26. The summed E-state index contributed by atoms with van der Waals surface area (Å²) < 4.78 is 0. The molecule has 2 rings (SSSR count). The van der Waals surface area contributed by atoms with Crippen LogP contribution in [-0.2, 0) is 6.54 Å². The molecule has 2 nitrogen and oxygen atoms in total. The van der Waals surface area contributed by atoms with E-state index in [4.69, 9.17) is 5.73 Å². The van der Waals surface area contributed by atoms with E-state index in [9.17, 15) is 0 Å². The highest BCUT2D eigenvalue weighted by atomic mass is 32.1. The maximum absolute atomic E-state index is 5.86. The van der Waals surface area contributed by atoms with Crippen LogP contribution in [0, 0.1) is 5.41 Å². The summed E-state index contributed by atoms with van der Waals surface area (Å²) in [6.45, 7) is 4.47. The quantitative estimate of drug-likeness (QED) is 0.844. The van der Waals surface area contributed by atoms with E-state index in [0.717, 1.165) is 18.8 Å². The molecule has 0 saturated heterocycles. The lowest BCUT2D eigenvalue weighted by Gasteiger charge is -2.33. The molecule has 1 aliphatic carbocycles. The van der Waals surface area contributed by atoms with E-state index < -0.39 is 0 Å². The third kappa shape index (κ3) is 2.98. The molecule has 0 aromatic carbocycles. The van der Waals surface area contributed by atoms with E-state index in [2.05, 4.69) is 17.6 Å². The Morgan fingerprint density at radius 1 is 1.38 bits per heavy atom. The van der Waals surface area contributed by atoms with Gasteiger partial charge in [-0.1, -0.05) is 26.2 Å². The number of hydrogen-bond acceptors (Lipinski definition) is 3. The van der Waals surface area contributed by atoms with Gasteiger partial charge in [0.05, 0.1) is 0 Å². The third-order valence-corrected chi connectivity index (χ3v) is 4.61. The predicted octanol–water partition coefficient (Wildman–Crippen LogP) is 3.39. The molecule has 1 aromatic rings. The lowest BCUT2D eigenvalue weighted by atomic mass is 9.76. The Kier molecular flexibility index (Phi) is 3.87. The zero-order valence-electron chi connectivity index (χ0n) is 10.1. The fourth-order valence-corrected chi connectivity index (χ4v) is 3.32. The molecule has 0 aliphatic heterocycles. The first kappa shape index (κ1) is 11.9. The number of anilines is 1. The van der Waals surface area contributed by atoms with Crippen molar-refractivity contribution in [2.45, 2.75) is 45.6 Å². The van der Waals surface area contributed by atoms with Crippen molar-refractivity contribution in [3.63, 3.8) is 0 Å². The fourth-order valence-electron chi connectivity index (χ4n) is 2.55. The Morgan fingerprint density at radius 3 is 2.75 bits per heavy atom. The summed E-state index contributed by atoms with van der Waals surface area (Å²) in [7, 11) is 0.